The second-order valence-electron chi connectivity index (χ2n) is 4.87. The van der Waals surface area contributed by atoms with Gasteiger partial charge in [-0.1, -0.05) is 0 Å². The minimum Gasteiger partial charge on any atom is -0.377 e. The topological polar surface area (TPSA) is 38.5 Å². The summed E-state index contributed by atoms with van der Waals surface area (Å²) in [6.45, 7) is 5.25. The van der Waals surface area contributed by atoms with E-state index in [1.807, 2.05) is 0 Å². The van der Waals surface area contributed by atoms with Gasteiger partial charge in [-0.25, -0.2) is 0 Å². The van der Waals surface area contributed by atoms with Crippen molar-refractivity contribution in [3.05, 3.63) is 0 Å². The summed E-state index contributed by atoms with van der Waals surface area (Å²) in [5, 5.41) is 0. The Hall–Kier alpha value is -0.120. The molecule has 0 aromatic heterocycles. The summed E-state index contributed by atoms with van der Waals surface area (Å²) in [6.07, 6.45) is 6.59. The molecule has 1 aliphatic heterocycles. The minimum atomic E-state index is 0.337. The highest BCUT2D eigenvalue weighted by atomic mass is 16.5. The van der Waals surface area contributed by atoms with Crippen LogP contribution in [-0.4, -0.2) is 43.8 Å². The fraction of sp³-hybridized carbons (Fsp3) is 1.00. The van der Waals surface area contributed by atoms with E-state index in [1.165, 1.54) is 25.7 Å². The van der Waals surface area contributed by atoms with Gasteiger partial charge >= 0.3 is 0 Å². The first-order chi connectivity index (χ1) is 7.18. The van der Waals surface area contributed by atoms with Gasteiger partial charge in [0.05, 0.1) is 6.10 Å². The maximum absolute atomic E-state index is 5.72. The molecule has 1 aliphatic rings. The molecule has 0 aromatic carbocycles. The molecular formula is C12H26N2O. The van der Waals surface area contributed by atoms with Gasteiger partial charge in [0.15, 0.2) is 0 Å². The summed E-state index contributed by atoms with van der Waals surface area (Å²) in [4.78, 5) is 2.37. The molecule has 0 radical (unpaired) electrons. The van der Waals surface area contributed by atoms with Gasteiger partial charge in [-0.05, 0) is 52.6 Å². The molecule has 3 nitrogen and oxygen atoms in total. The SMILES string of the molecule is CC(N)CCCN(C)CC1CCCCO1. The zero-order chi connectivity index (χ0) is 11.1. The summed E-state index contributed by atoms with van der Waals surface area (Å²) >= 11 is 0. The number of hydrogen-bond donors (Lipinski definition) is 1. The zero-order valence-electron chi connectivity index (χ0n) is 10.2. The molecule has 0 aromatic rings. The van der Waals surface area contributed by atoms with Crippen LogP contribution in [0.15, 0.2) is 0 Å². The lowest BCUT2D eigenvalue weighted by atomic mass is 10.1. The third kappa shape index (κ3) is 6.13. The molecule has 2 N–H and O–H groups in total. The van der Waals surface area contributed by atoms with Crippen LogP contribution in [0, 0.1) is 0 Å². The van der Waals surface area contributed by atoms with Crippen LogP contribution in [0.1, 0.15) is 39.0 Å². The zero-order valence-corrected chi connectivity index (χ0v) is 10.2. The highest BCUT2D eigenvalue weighted by Gasteiger charge is 2.15. The molecule has 2 unspecified atom stereocenters. The van der Waals surface area contributed by atoms with Gasteiger partial charge in [0, 0.05) is 19.2 Å². The maximum Gasteiger partial charge on any atom is 0.0701 e. The fourth-order valence-corrected chi connectivity index (χ4v) is 2.07. The van der Waals surface area contributed by atoms with E-state index in [1.54, 1.807) is 0 Å². The van der Waals surface area contributed by atoms with Gasteiger partial charge in [-0.3, -0.25) is 0 Å². The van der Waals surface area contributed by atoms with Crippen molar-refractivity contribution in [3.8, 4) is 0 Å². The van der Waals surface area contributed by atoms with E-state index in [9.17, 15) is 0 Å². The summed E-state index contributed by atoms with van der Waals surface area (Å²) in [5.74, 6) is 0. The predicted octanol–water partition coefficient (Wildman–Crippen LogP) is 1.61. The van der Waals surface area contributed by atoms with E-state index in [0.717, 1.165) is 26.1 Å². The summed E-state index contributed by atoms with van der Waals surface area (Å²) in [7, 11) is 2.18. The highest BCUT2D eigenvalue weighted by molar-refractivity contribution is 4.68. The van der Waals surface area contributed by atoms with Crippen LogP contribution in [0.2, 0.25) is 0 Å². The van der Waals surface area contributed by atoms with Crippen molar-refractivity contribution in [2.45, 2.75) is 51.2 Å². The van der Waals surface area contributed by atoms with Crippen LogP contribution in [0.3, 0.4) is 0 Å². The Labute approximate surface area is 94.0 Å². The Morgan fingerprint density at radius 1 is 1.47 bits per heavy atom. The molecule has 90 valence electrons. The quantitative estimate of drug-likeness (QED) is 0.730. The van der Waals surface area contributed by atoms with Gasteiger partial charge in [-0.2, -0.15) is 0 Å². The third-order valence-corrected chi connectivity index (χ3v) is 2.99. The van der Waals surface area contributed by atoms with Crippen molar-refractivity contribution < 1.29 is 4.74 Å². The molecule has 1 heterocycles. The number of nitrogens with zero attached hydrogens (tertiary/aromatic N) is 1. The van der Waals surface area contributed by atoms with Crippen molar-refractivity contribution in [2.24, 2.45) is 5.73 Å². The van der Waals surface area contributed by atoms with E-state index in [2.05, 4.69) is 18.9 Å². The minimum absolute atomic E-state index is 0.337. The molecule has 0 spiro atoms. The Balaban J connectivity index is 2.03. The molecule has 1 saturated heterocycles. The van der Waals surface area contributed by atoms with Crippen LogP contribution in [-0.2, 0) is 4.74 Å². The predicted molar refractivity (Wildman–Crippen MR) is 64.0 cm³/mol. The normalized spacial score (nSPS) is 24.4. The molecule has 1 fully saturated rings. The van der Waals surface area contributed by atoms with E-state index in [4.69, 9.17) is 10.5 Å². The van der Waals surface area contributed by atoms with E-state index < -0.39 is 0 Å². The average Bonchev–Trinajstić information content (AvgIpc) is 2.18. The van der Waals surface area contributed by atoms with Crippen molar-refractivity contribution in [2.75, 3.05) is 26.7 Å². The van der Waals surface area contributed by atoms with Crippen LogP contribution in [0.25, 0.3) is 0 Å². The van der Waals surface area contributed by atoms with Crippen molar-refractivity contribution >= 4 is 0 Å². The first-order valence-corrected chi connectivity index (χ1v) is 6.24. The second kappa shape index (κ2) is 7.20. The van der Waals surface area contributed by atoms with Crippen LogP contribution < -0.4 is 5.73 Å². The van der Waals surface area contributed by atoms with Crippen LogP contribution in [0.4, 0.5) is 0 Å². The first-order valence-electron chi connectivity index (χ1n) is 6.24. The molecule has 0 bridgehead atoms. The van der Waals surface area contributed by atoms with E-state index >= 15 is 0 Å². The lowest BCUT2D eigenvalue weighted by Crippen LogP contribution is -2.34. The van der Waals surface area contributed by atoms with Gasteiger partial charge in [0.2, 0.25) is 0 Å². The smallest absolute Gasteiger partial charge is 0.0701 e. The molecule has 0 saturated carbocycles. The van der Waals surface area contributed by atoms with Crippen molar-refractivity contribution in [1.82, 2.24) is 4.90 Å². The fourth-order valence-electron chi connectivity index (χ4n) is 2.07. The number of ether oxygens (including phenoxy) is 1. The van der Waals surface area contributed by atoms with E-state index in [-0.39, 0.29) is 0 Å². The molecule has 3 heteroatoms. The standard InChI is InChI=1S/C12H26N2O/c1-11(13)6-5-8-14(2)10-12-7-3-4-9-15-12/h11-12H,3-10,13H2,1-2H3. The number of nitrogens with two attached hydrogens (primary N) is 1. The largest absolute Gasteiger partial charge is 0.377 e. The lowest BCUT2D eigenvalue weighted by molar-refractivity contribution is -0.00162. The Morgan fingerprint density at radius 3 is 2.87 bits per heavy atom. The van der Waals surface area contributed by atoms with Gasteiger partial charge in [0.1, 0.15) is 0 Å². The maximum atomic E-state index is 5.72. The van der Waals surface area contributed by atoms with Gasteiger partial charge in [0.25, 0.3) is 0 Å². The Morgan fingerprint density at radius 2 is 2.27 bits per heavy atom. The van der Waals surface area contributed by atoms with E-state index in [0.29, 0.717) is 12.1 Å². The second-order valence-corrected chi connectivity index (χ2v) is 4.87. The van der Waals surface area contributed by atoms with Gasteiger partial charge in [-0.15, -0.1) is 0 Å². The molecule has 0 aliphatic carbocycles. The molecule has 15 heavy (non-hydrogen) atoms. The van der Waals surface area contributed by atoms with Crippen LogP contribution >= 0.6 is 0 Å². The number of hydrogen-bond acceptors (Lipinski definition) is 3. The monoisotopic (exact) mass is 214 g/mol. The first kappa shape index (κ1) is 12.9. The summed E-state index contributed by atoms with van der Waals surface area (Å²) in [5.41, 5.74) is 5.72. The number of rotatable bonds is 6. The van der Waals surface area contributed by atoms with Crippen molar-refractivity contribution in [3.63, 3.8) is 0 Å². The molecule has 1 rings (SSSR count). The average molecular weight is 214 g/mol. The number of likely N-dealkylation sites (N-methyl/N-ethyl adjacent to an activating group) is 1. The van der Waals surface area contributed by atoms with Crippen molar-refractivity contribution in [1.29, 1.82) is 0 Å². The lowest BCUT2D eigenvalue weighted by Gasteiger charge is -2.27. The molecule has 0 amide bonds. The summed E-state index contributed by atoms with van der Waals surface area (Å²) in [6, 6.07) is 0.337. The Bertz CT molecular complexity index is 156. The van der Waals surface area contributed by atoms with Crippen LogP contribution in [0.5, 0.6) is 0 Å². The molecular weight excluding hydrogens is 188 g/mol. The third-order valence-electron chi connectivity index (χ3n) is 2.99. The molecule has 2 atom stereocenters. The summed E-state index contributed by atoms with van der Waals surface area (Å²) < 4.78 is 5.71. The Kier molecular flexibility index (Phi) is 6.22. The highest BCUT2D eigenvalue weighted by Crippen LogP contribution is 2.13. The van der Waals surface area contributed by atoms with Gasteiger partial charge < -0.3 is 15.4 Å².